The summed E-state index contributed by atoms with van der Waals surface area (Å²) in [5.41, 5.74) is 0.802. The third-order valence-electron chi connectivity index (χ3n) is 1.98. The molecule has 5 heteroatoms. The summed E-state index contributed by atoms with van der Waals surface area (Å²) >= 11 is 7.00. The number of rotatable bonds is 4. The summed E-state index contributed by atoms with van der Waals surface area (Å²) in [5, 5.41) is 5.23. The van der Waals surface area contributed by atoms with Crippen LogP contribution in [0.25, 0.3) is 0 Å². The predicted molar refractivity (Wildman–Crippen MR) is 59.8 cm³/mol. The van der Waals surface area contributed by atoms with Crippen LogP contribution in [0.2, 0.25) is 0 Å². The Bertz CT molecular complexity index is 314. The Morgan fingerprint density at radius 1 is 1.79 bits per heavy atom. The Labute approximate surface area is 92.5 Å². The van der Waals surface area contributed by atoms with E-state index in [1.807, 2.05) is 19.2 Å². The van der Waals surface area contributed by atoms with Crippen molar-refractivity contribution in [3.05, 3.63) is 11.1 Å². The number of anilines is 1. The lowest BCUT2D eigenvalue weighted by molar-refractivity contribution is -0.119. The van der Waals surface area contributed by atoms with Crippen LogP contribution in [0.1, 0.15) is 26.0 Å². The lowest BCUT2D eigenvalue weighted by Gasteiger charge is -2.06. The number of nitrogens with zero attached hydrogens (tertiary/aromatic N) is 1. The highest BCUT2D eigenvalue weighted by Gasteiger charge is 2.12. The fourth-order valence-corrected chi connectivity index (χ4v) is 1.78. The molecule has 0 bridgehead atoms. The van der Waals surface area contributed by atoms with Gasteiger partial charge in [0.2, 0.25) is 5.91 Å². The Morgan fingerprint density at radius 3 is 3.00 bits per heavy atom. The number of alkyl halides is 1. The first kappa shape index (κ1) is 11.5. The normalized spacial score (nSPS) is 12.5. The van der Waals surface area contributed by atoms with E-state index in [0.29, 0.717) is 11.0 Å². The summed E-state index contributed by atoms with van der Waals surface area (Å²) in [6, 6.07) is 0. The molecule has 14 heavy (non-hydrogen) atoms. The molecular formula is C9H13ClN2OS. The second-order valence-electron chi connectivity index (χ2n) is 3.08. The summed E-state index contributed by atoms with van der Waals surface area (Å²) in [4.78, 5) is 15.6. The van der Waals surface area contributed by atoms with Crippen LogP contribution in [0.15, 0.2) is 5.38 Å². The SMILES string of the molecule is CCC(C)C(=O)Nc1nc(CCl)cs1. The Kier molecular flexibility index (Phi) is 4.35. The molecular weight excluding hydrogens is 220 g/mol. The van der Waals surface area contributed by atoms with Crippen LogP contribution in [0, 0.1) is 5.92 Å². The van der Waals surface area contributed by atoms with Gasteiger partial charge in [0.25, 0.3) is 0 Å². The minimum Gasteiger partial charge on any atom is -0.302 e. The first-order valence-corrected chi connectivity index (χ1v) is 5.90. The van der Waals surface area contributed by atoms with E-state index in [9.17, 15) is 4.79 Å². The van der Waals surface area contributed by atoms with Gasteiger partial charge in [-0.2, -0.15) is 0 Å². The fraction of sp³-hybridized carbons (Fsp3) is 0.556. The summed E-state index contributed by atoms with van der Waals surface area (Å²) in [6.07, 6.45) is 0.833. The third kappa shape index (κ3) is 2.96. The Hall–Kier alpha value is -0.610. The van der Waals surface area contributed by atoms with Gasteiger partial charge in [-0.05, 0) is 6.42 Å². The van der Waals surface area contributed by atoms with E-state index in [1.54, 1.807) is 0 Å². The number of carbonyl (C=O) groups excluding carboxylic acids is 1. The number of carbonyl (C=O) groups is 1. The van der Waals surface area contributed by atoms with E-state index in [-0.39, 0.29) is 11.8 Å². The van der Waals surface area contributed by atoms with Gasteiger partial charge in [-0.25, -0.2) is 4.98 Å². The molecule has 1 N–H and O–H groups in total. The maximum Gasteiger partial charge on any atom is 0.228 e. The molecule has 1 unspecified atom stereocenters. The molecule has 0 aliphatic carbocycles. The van der Waals surface area contributed by atoms with Gasteiger partial charge in [-0.1, -0.05) is 13.8 Å². The second kappa shape index (κ2) is 5.32. The van der Waals surface area contributed by atoms with Gasteiger partial charge in [0.15, 0.2) is 5.13 Å². The average Bonchev–Trinajstić information content (AvgIpc) is 2.64. The van der Waals surface area contributed by atoms with Crippen LogP contribution in [0.3, 0.4) is 0 Å². The highest BCUT2D eigenvalue weighted by Crippen LogP contribution is 2.17. The highest BCUT2D eigenvalue weighted by atomic mass is 35.5. The zero-order valence-electron chi connectivity index (χ0n) is 8.21. The van der Waals surface area contributed by atoms with E-state index in [4.69, 9.17) is 11.6 Å². The molecule has 0 fully saturated rings. The number of thiazole rings is 1. The van der Waals surface area contributed by atoms with Gasteiger partial charge in [-0.15, -0.1) is 22.9 Å². The molecule has 1 amide bonds. The second-order valence-corrected chi connectivity index (χ2v) is 4.20. The van der Waals surface area contributed by atoms with Crippen molar-refractivity contribution in [3.63, 3.8) is 0 Å². The fourth-order valence-electron chi connectivity index (χ4n) is 0.840. The topological polar surface area (TPSA) is 42.0 Å². The number of aromatic nitrogens is 1. The van der Waals surface area contributed by atoms with E-state index >= 15 is 0 Å². The average molecular weight is 233 g/mol. The van der Waals surface area contributed by atoms with Crippen molar-refractivity contribution in [1.82, 2.24) is 4.98 Å². The Morgan fingerprint density at radius 2 is 2.50 bits per heavy atom. The molecule has 1 atom stereocenters. The van der Waals surface area contributed by atoms with Gasteiger partial charge in [-0.3, -0.25) is 4.79 Å². The molecule has 0 aliphatic heterocycles. The summed E-state index contributed by atoms with van der Waals surface area (Å²) in [6.45, 7) is 3.88. The quantitative estimate of drug-likeness (QED) is 0.812. The van der Waals surface area contributed by atoms with Crippen molar-refractivity contribution in [2.24, 2.45) is 5.92 Å². The van der Waals surface area contributed by atoms with Gasteiger partial charge < -0.3 is 5.32 Å². The monoisotopic (exact) mass is 232 g/mol. The van der Waals surface area contributed by atoms with Crippen molar-refractivity contribution in [2.75, 3.05) is 5.32 Å². The van der Waals surface area contributed by atoms with Crippen LogP contribution in [0.4, 0.5) is 5.13 Å². The van der Waals surface area contributed by atoms with Crippen LogP contribution >= 0.6 is 22.9 Å². The van der Waals surface area contributed by atoms with E-state index in [2.05, 4.69) is 10.3 Å². The van der Waals surface area contributed by atoms with E-state index < -0.39 is 0 Å². The number of hydrogen-bond donors (Lipinski definition) is 1. The molecule has 0 spiro atoms. The number of halogens is 1. The smallest absolute Gasteiger partial charge is 0.228 e. The minimum atomic E-state index is 0.0166. The summed E-state index contributed by atoms with van der Waals surface area (Å²) < 4.78 is 0. The number of amides is 1. The van der Waals surface area contributed by atoms with Crippen molar-refractivity contribution in [3.8, 4) is 0 Å². The van der Waals surface area contributed by atoms with Crippen LogP contribution < -0.4 is 5.32 Å². The molecule has 1 aromatic rings. The molecule has 0 aromatic carbocycles. The van der Waals surface area contributed by atoms with Crippen LogP contribution in [0.5, 0.6) is 0 Å². The molecule has 78 valence electrons. The molecule has 0 aliphatic rings. The van der Waals surface area contributed by atoms with Crippen molar-refractivity contribution in [2.45, 2.75) is 26.1 Å². The largest absolute Gasteiger partial charge is 0.302 e. The first-order chi connectivity index (χ1) is 6.67. The maximum atomic E-state index is 11.5. The molecule has 1 aromatic heterocycles. The van der Waals surface area contributed by atoms with Crippen LogP contribution in [-0.2, 0) is 10.7 Å². The summed E-state index contributed by atoms with van der Waals surface area (Å²) in [5.74, 6) is 0.428. The molecule has 1 rings (SSSR count). The van der Waals surface area contributed by atoms with Crippen molar-refractivity contribution in [1.29, 1.82) is 0 Å². The standard InChI is InChI=1S/C9H13ClN2OS/c1-3-6(2)8(13)12-9-11-7(4-10)5-14-9/h5-6H,3-4H2,1-2H3,(H,11,12,13). The van der Waals surface area contributed by atoms with Gasteiger partial charge in [0.05, 0.1) is 11.6 Å². The molecule has 0 saturated heterocycles. The minimum absolute atomic E-state index is 0.0166. The molecule has 1 heterocycles. The van der Waals surface area contributed by atoms with Crippen molar-refractivity contribution < 1.29 is 4.79 Å². The zero-order chi connectivity index (χ0) is 10.6. The van der Waals surface area contributed by atoms with Gasteiger partial charge >= 0.3 is 0 Å². The Balaban J connectivity index is 2.56. The summed E-state index contributed by atoms with van der Waals surface area (Å²) in [7, 11) is 0. The molecule has 0 radical (unpaired) electrons. The first-order valence-electron chi connectivity index (χ1n) is 4.48. The van der Waals surface area contributed by atoms with Crippen LogP contribution in [-0.4, -0.2) is 10.9 Å². The lowest BCUT2D eigenvalue weighted by atomic mass is 10.1. The van der Waals surface area contributed by atoms with E-state index in [1.165, 1.54) is 11.3 Å². The highest BCUT2D eigenvalue weighted by molar-refractivity contribution is 7.13. The zero-order valence-corrected chi connectivity index (χ0v) is 9.78. The maximum absolute atomic E-state index is 11.5. The molecule has 0 saturated carbocycles. The molecule has 3 nitrogen and oxygen atoms in total. The lowest BCUT2D eigenvalue weighted by Crippen LogP contribution is -2.19. The van der Waals surface area contributed by atoms with Gasteiger partial charge in [0, 0.05) is 11.3 Å². The third-order valence-corrected chi connectivity index (χ3v) is 3.06. The van der Waals surface area contributed by atoms with Gasteiger partial charge in [0.1, 0.15) is 0 Å². The van der Waals surface area contributed by atoms with E-state index in [0.717, 1.165) is 12.1 Å². The van der Waals surface area contributed by atoms with Crippen molar-refractivity contribution >= 4 is 34.0 Å². The number of nitrogens with one attached hydrogen (secondary N) is 1. The number of hydrogen-bond acceptors (Lipinski definition) is 3. The predicted octanol–water partition coefficient (Wildman–Crippen LogP) is 2.87.